The Kier molecular flexibility index (Phi) is 12.1. The van der Waals surface area contributed by atoms with Crippen molar-refractivity contribution >= 4 is 61.1 Å². The van der Waals surface area contributed by atoms with Crippen LogP contribution in [0.2, 0.25) is 5.02 Å². The number of anilines is 2. The number of nitrogens with one attached hydrogen (secondary N) is 3. The number of rotatable bonds is 12. The number of aromatic nitrogens is 1. The maximum Gasteiger partial charge on any atom is 0.293 e. The number of fused-ring (bicyclic) bond motifs is 1. The maximum absolute atomic E-state index is 13.9. The monoisotopic (exact) mass is 853 g/mol. The van der Waals surface area contributed by atoms with Crippen molar-refractivity contribution in [3.8, 4) is 11.5 Å². The molecule has 0 spiro atoms. The van der Waals surface area contributed by atoms with Gasteiger partial charge in [0.1, 0.15) is 17.2 Å². The third kappa shape index (κ3) is 9.45. The number of sulfonamides is 1. The van der Waals surface area contributed by atoms with Crippen LogP contribution in [0.5, 0.6) is 11.5 Å². The second-order valence-corrected chi connectivity index (χ2v) is 18.0. The molecule has 4 aromatic carbocycles. The Morgan fingerprint density at radius 2 is 1.72 bits per heavy atom. The number of hydrogen-bond donors (Lipinski definition) is 4. The Morgan fingerprint density at radius 3 is 2.47 bits per heavy atom. The lowest BCUT2D eigenvalue weighted by molar-refractivity contribution is -0.384. The maximum atomic E-state index is 13.9. The average Bonchev–Trinajstić information content (AvgIpc) is 3.70. The summed E-state index contributed by atoms with van der Waals surface area (Å²) in [7, 11) is -2.53. The number of carbonyl (C=O) groups excluding carboxylic acids is 1. The Hall–Kier alpha value is -5.45. The van der Waals surface area contributed by atoms with Crippen LogP contribution in [-0.4, -0.2) is 104 Å². The Balaban J connectivity index is 1.01. The first-order valence-corrected chi connectivity index (χ1v) is 22.1. The summed E-state index contributed by atoms with van der Waals surface area (Å²) in [5.74, 6) is -0.349. The number of allylic oxidation sites excluding steroid dienone is 1. The quantitative estimate of drug-likeness (QED) is 0.0735. The van der Waals surface area contributed by atoms with Crippen molar-refractivity contribution in [2.45, 2.75) is 49.1 Å². The van der Waals surface area contributed by atoms with Crippen molar-refractivity contribution in [1.82, 2.24) is 19.5 Å². The predicted octanol–water partition coefficient (Wildman–Crippen LogP) is 7.27. The number of piperazine rings is 1. The third-order valence-electron chi connectivity index (χ3n) is 11.7. The van der Waals surface area contributed by atoms with Crippen molar-refractivity contribution in [3.05, 3.63) is 123 Å². The molecule has 314 valence electrons. The minimum Gasteiger partial charge on any atom is -0.456 e. The number of likely N-dealkylation sites (tertiary alicyclic amines) is 1. The number of benzene rings is 4. The summed E-state index contributed by atoms with van der Waals surface area (Å²) in [6.07, 6.45) is 5.19. The number of aromatic amines is 1. The lowest BCUT2D eigenvalue weighted by Crippen LogP contribution is -2.47. The standard InChI is InChI=1S/C44H48ClN7O7S/c1-49-18-15-33(16-19-49)47-41-13-9-37(27-42(41)52(55)56)60(57,58)48-44(54)39-10-6-34(26-43(39)59-36-8-12-40-30(25-36)14-17-46-40)51-22-20-50(21-23-51)28-31-24-35(53)7-11-38(31)29-2-4-32(45)5-3-29/h2-6,8-10,12-14,17,25-27,33,35,46-47,53H,7,11,15-16,18-24,28H2,1H3,(H,48,54). The summed E-state index contributed by atoms with van der Waals surface area (Å²) >= 11 is 6.17. The van der Waals surface area contributed by atoms with E-state index in [0.29, 0.717) is 30.3 Å². The van der Waals surface area contributed by atoms with Crippen LogP contribution in [0, 0.1) is 10.1 Å². The van der Waals surface area contributed by atoms with Gasteiger partial charge in [0.15, 0.2) is 0 Å². The van der Waals surface area contributed by atoms with Crippen LogP contribution < -0.4 is 19.7 Å². The average molecular weight is 854 g/mol. The summed E-state index contributed by atoms with van der Waals surface area (Å²) < 4.78 is 35.8. The predicted molar refractivity (Wildman–Crippen MR) is 234 cm³/mol. The molecule has 3 aliphatic rings. The second kappa shape index (κ2) is 17.6. The summed E-state index contributed by atoms with van der Waals surface area (Å²) in [4.78, 5) is 34.9. The second-order valence-electron chi connectivity index (χ2n) is 15.9. The van der Waals surface area contributed by atoms with Crippen LogP contribution >= 0.6 is 11.6 Å². The van der Waals surface area contributed by atoms with Gasteiger partial charge in [-0.25, -0.2) is 13.1 Å². The number of nitro groups is 1. The molecule has 2 fully saturated rings. The van der Waals surface area contributed by atoms with Crippen LogP contribution in [0.4, 0.5) is 17.1 Å². The third-order valence-corrected chi connectivity index (χ3v) is 13.3. The largest absolute Gasteiger partial charge is 0.456 e. The summed E-state index contributed by atoms with van der Waals surface area (Å²) in [6, 6.07) is 23.9. The van der Waals surface area contributed by atoms with E-state index in [1.807, 2.05) is 55.7 Å². The highest BCUT2D eigenvalue weighted by molar-refractivity contribution is 7.90. The molecule has 60 heavy (non-hydrogen) atoms. The van der Waals surface area contributed by atoms with Gasteiger partial charge in [-0.05, 0) is 130 Å². The van der Waals surface area contributed by atoms with Gasteiger partial charge in [-0.3, -0.25) is 19.8 Å². The number of piperidine rings is 1. The van der Waals surface area contributed by atoms with Gasteiger partial charge in [0, 0.05) is 78.7 Å². The molecule has 3 heterocycles. The Morgan fingerprint density at radius 1 is 0.950 bits per heavy atom. The number of amides is 1. The first-order valence-electron chi connectivity index (χ1n) is 20.2. The van der Waals surface area contributed by atoms with Gasteiger partial charge < -0.3 is 29.9 Å². The van der Waals surface area contributed by atoms with Crippen LogP contribution in [0.1, 0.15) is 48.0 Å². The number of halogens is 1. The Bertz CT molecular complexity index is 2530. The molecule has 4 N–H and O–H groups in total. The van der Waals surface area contributed by atoms with E-state index < -0.39 is 31.4 Å². The number of aliphatic hydroxyl groups is 1. The lowest BCUT2D eigenvalue weighted by atomic mass is 9.85. The number of hydrogen-bond acceptors (Lipinski definition) is 11. The molecule has 1 amide bonds. The summed E-state index contributed by atoms with van der Waals surface area (Å²) in [6.45, 7) is 5.30. The van der Waals surface area contributed by atoms with Gasteiger partial charge in [0.25, 0.3) is 21.6 Å². The molecule has 16 heteroatoms. The summed E-state index contributed by atoms with van der Waals surface area (Å²) in [5.41, 5.74) is 5.14. The first kappa shape index (κ1) is 41.3. The molecule has 1 atom stereocenters. The van der Waals surface area contributed by atoms with Gasteiger partial charge in [0.05, 0.1) is 21.5 Å². The van der Waals surface area contributed by atoms with Crippen molar-refractivity contribution in [3.63, 3.8) is 0 Å². The van der Waals surface area contributed by atoms with Gasteiger partial charge >= 0.3 is 0 Å². The number of nitrogens with zero attached hydrogens (tertiary/aromatic N) is 4. The van der Waals surface area contributed by atoms with E-state index in [-0.39, 0.29) is 29.1 Å². The highest BCUT2D eigenvalue weighted by Crippen LogP contribution is 2.36. The molecule has 2 saturated heterocycles. The zero-order valence-corrected chi connectivity index (χ0v) is 34.8. The molecular weight excluding hydrogens is 806 g/mol. The normalized spacial score (nSPS) is 18.4. The van der Waals surface area contributed by atoms with Crippen molar-refractivity contribution in [2.24, 2.45) is 0 Å². The van der Waals surface area contributed by atoms with Crippen molar-refractivity contribution < 1.29 is 28.0 Å². The highest BCUT2D eigenvalue weighted by Gasteiger charge is 2.29. The van der Waals surface area contributed by atoms with Gasteiger partial charge in [-0.2, -0.15) is 0 Å². The van der Waals surface area contributed by atoms with E-state index >= 15 is 0 Å². The molecule has 5 aromatic rings. The zero-order chi connectivity index (χ0) is 42.0. The molecule has 8 rings (SSSR count). The number of ether oxygens (including phenoxy) is 1. The van der Waals surface area contributed by atoms with E-state index in [1.165, 1.54) is 23.3 Å². The smallest absolute Gasteiger partial charge is 0.293 e. The molecule has 0 saturated carbocycles. The first-order chi connectivity index (χ1) is 28.9. The number of nitro benzene ring substituents is 1. The van der Waals surface area contributed by atoms with Crippen molar-refractivity contribution in [2.75, 3.05) is 63.1 Å². The molecule has 1 aromatic heterocycles. The van der Waals surface area contributed by atoms with Gasteiger partial charge in [-0.15, -0.1) is 0 Å². The SMILES string of the molecule is CN1CCC(Nc2ccc(S(=O)(=O)NC(=O)c3ccc(N4CCN(CC5=C(c6ccc(Cl)cc6)CCC(O)C5)CC4)cc3Oc3ccc4[nH]ccc4c3)cc2[N+](=O)[O-])CC1. The minimum absolute atomic E-state index is 0.00782. The van der Waals surface area contributed by atoms with Gasteiger partial charge in [0.2, 0.25) is 0 Å². The number of carbonyl (C=O) groups is 1. The minimum atomic E-state index is -4.55. The van der Waals surface area contributed by atoms with E-state index in [4.69, 9.17) is 16.3 Å². The highest BCUT2D eigenvalue weighted by atomic mass is 35.5. The van der Waals surface area contributed by atoms with Crippen LogP contribution in [0.15, 0.2) is 102 Å². The fourth-order valence-corrected chi connectivity index (χ4v) is 9.46. The van der Waals surface area contributed by atoms with E-state index in [9.17, 15) is 28.4 Å². The number of H-pyrrole nitrogens is 1. The number of aliphatic hydroxyl groups excluding tert-OH is 1. The fourth-order valence-electron chi connectivity index (χ4n) is 8.35. The zero-order valence-electron chi connectivity index (χ0n) is 33.3. The lowest BCUT2D eigenvalue weighted by Gasteiger charge is -2.38. The van der Waals surface area contributed by atoms with Crippen LogP contribution in [0.3, 0.4) is 0 Å². The molecule has 0 radical (unpaired) electrons. The van der Waals surface area contributed by atoms with Crippen LogP contribution in [0.25, 0.3) is 16.5 Å². The van der Waals surface area contributed by atoms with E-state index in [0.717, 1.165) is 86.6 Å². The van der Waals surface area contributed by atoms with E-state index in [1.54, 1.807) is 24.3 Å². The molecule has 1 aliphatic carbocycles. The molecule has 2 aliphatic heterocycles. The molecule has 14 nitrogen and oxygen atoms in total. The van der Waals surface area contributed by atoms with Gasteiger partial charge in [-0.1, -0.05) is 23.7 Å². The summed E-state index contributed by atoms with van der Waals surface area (Å²) in [5, 5.41) is 27.5. The fraction of sp³-hybridized carbons (Fsp3) is 0.341. The molecular formula is C44H48ClN7O7S. The van der Waals surface area contributed by atoms with E-state index in [2.05, 4.69) is 29.7 Å². The van der Waals surface area contributed by atoms with Crippen LogP contribution in [-0.2, 0) is 10.0 Å². The molecule has 1 unspecified atom stereocenters. The van der Waals surface area contributed by atoms with Crippen molar-refractivity contribution in [1.29, 1.82) is 0 Å². The molecule has 0 bridgehead atoms. The Labute approximate surface area is 354 Å². The topological polar surface area (TPSA) is 173 Å².